The summed E-state index contributed by atoms with van der Waals surface area (Å²) in [6.45, 7) is 1.90. The van der Waals surface area contributed by atoms with Gasteiger partial charge in [-0.1, -0.05) is 11.8 Å². The van der Waals surface area contributed by atoms with Crippen molar-refractivity contribution in [2.45, 2.75) is 12.1 Å². The Labute approximate surface area is 78.8 Å². The Balaban J connectivity index is 2.83. The van der Waals surface area contributed by atoms with Gasteiger partial charge < -0.3 is 9.97 Å². The molecule has 5 heteroatoms. The number of aromatic amines is 2. The van der Waals surface area contributed by atoms with Gasteiger partial charge in [0.2, 0.25) is 0 Å². The quantitative estimate of drug-likeness (QED) is 0.532. The van der Waals surface area contributed by atoms with Crippen LogP contribution in [0.15, 0.2) is 16.0 Å². The molecule has 68 valence electrons. The second-order valence-electron chi connectivity index (χ2n) is 2.79. The van der Waals surface area contributed by atoms with Crippen molar-refractivity contribution in [1.29, 1.82) is 0 Å². The molecule has 0 fully saturated rings. The molecular weight excluding hydrogens is 186 g/mol. The van der Waals surface area contributed by atoms with Crippen molar-refractivity contribution in [3.8, 4) is 0 Å². The van der Waals surface area contributed by atoms with E-state index in [9.17, 15) is 4.79 Å². The largest absolute Gasteiger partial charge is 0.343 e. The lowest BCUT2D eigenvalue weighted by molar-refractivity contribution is 0.969. The van der Waals surface area contributed by atoms with Crippen molar-refractivity contribution in [1.82, 2.24) is 15.0 Å². The van der Waals surface area contributed by atoms with E-state index in [0.29, 0.717) is 16.2 Å². The molecule has 2 aromatic rings. The van der Waals surface area contributed by atoms with Crippen molar-refractivity contribution in [2.75, 3.05) is 6.26 Å². The second kappa shape index (κ2) is 2.92. The summed E-state index contributed by atoms with van der Waals surface area (Å²) >= 11 is 1.42. The molecule has 2 N–H and O–H groups in total. The van der Waals surface area contributed by atoms with E-state index in [1.807, 2.05) is 13.2 Å². The number of rotatable bonds is 1. The molecule has 0 aromatic carbocycles. The first kappa shape index (κ1) is 8.37. The Bertz CT molecular complexity index is 500. The Morgan fingerprint density at radius 3 is 2.92 bits per heavy atom. The monoisotopic (exact) mass is 195 g/mol. The minimum absolute atomic E-state index is 0.0845. The van der Waals surface area contributed by atoms with E-state index in [4.69, 9.17) is 0 Å². The van der Waals surface area contributed by atoms with Crippen LogP contribution in [0.5, 0.6) is 0 Å². The summed E-state index contributed by atoms with van der Waals surface area (Å²) in [5.74, 6) is 0. The first-order valence-corrected chi connectivity index (χ1v) is 5.07. The first-order chi connectivity index (χ1) is 6.20. The van der Waals surface area contributed by atoms with Crippen LogP contribution in [0.25, 0.3) is 11.0 Å². The van der Waals surface area contributed by atoms with Gasteiger partial charge in [-0.3, -0.25) is 4.79 Å². The molecule has 0 saturated carbocycles. The molecule has 0 radical (unpaired) electrons. The zero-order valence-electron chi connectivity index (χ0n) is 7.34. The third-order valence-corrected chi connectivity index (χ3v) is 2.38. The van der Waals surface area contributed by atoms with Gasteiger partial charge in [-0.05, 0) is 19.2 Å². The van der Waals surface area contributed by atoms with Crippen LogP contribution in [0.2, 0.25) is 0 Å². The van der Waals surface area contributed by atoms with Gasteiger partial charge in [0.1, 0.15) is 5.65 Å². The van der Waals surface area contributed by atoms with Gasteiger partial charge in [0, 0.05) is 5.69 Å². The normalized spacial score (nSPS) is 10.9. The highest BCUT2D eigenvalue weighted by Crippen LogP contribution is 2.11. The summed E-state index contributed by atoms with van der Waals surface area (Å²) in [4.78, 5) is 21.4. The van der Waals surface area contributed by atoms with E-state index < -0.39 is 0 Å². The van der Waals surface area contributed by atoms with E-state index in [1.165, 1.54) is 11.8 Å². The van der Waals surface area contributed by atoms with Crippen LogP contribution < -0.4 is 5.56 Å². The fraction of sp³-hybridized carbons (Fsp3) is 0.250. The summed E-state index contributed by atoms with van der Waals surface area (Å²) in [6, 6.07) is 1.80. The number of thioether (sulfide) groups is 1. The number of hydrogen-bond donors (Lipinski definition) is 2. The van der Waals surface area contributed by atoms with E-state index in [1.54, 1.807) is 6.07 Å². The fourth-order valence-corrected chi connectivity index (χ4v) is 1.60. The number of H-pyrrole nitrogens is 2. The second-order valence-corrected chi connectivity index (χ2v) is 3.58. The lowest BCUT2D eigenvalue weighted by Gasteiger charge is -1.93. The Morgan fingerprint density at radius 1 is 1.46 bits per heavy atom. The molecule has 2 rings (SSSR count). The molecule has 2 heterocycles. The van der Waals surface area contributed by atoms with Crippen molar-refractivity contribution < 1.29 is 0 Å². The van der Waals surface area contributed by atoms with Gasteiger partial charge in [0.25, 0.3) is 5.56 Å². The molecule has 0 amide bonds. The van der Waals surface area contributed by atoms with Crippen LogP contribution >= 0.6 is 11.8 Å². The van der Waals surface area contributed by atoms with Gasteiger partial charge in [0.15, 0.2) is 5.16 Å². The maximum absolute atomic E-state index is 11.4. The molecule has 2 aromatic heterocycles. The lowest BCUT2D eigenvalue weighted by Crippen LogP contribution is -2.07. The molecule has 4 nitrogen and oxygen atoms in total. The number of aryl methyl sites for hydroxylation is 1. The minimum atomic E-state index is -0.0845. The van der Waals surface area contributed by atoms with Crippen molar-refractivity contribution in [3.05, 3.63) is 22.1 Å². The summed E-state index contributed by atoms with van der Waals surface area (Å²) < 4.78 is 0. The highest BCUT2D eigenvalue weighted by atomic mass is 32.2. The van der Waals surface area contributed by atoms with E-state index in [2.05, 4.69) is 15.0 Å². The molecule has 0 atom stereocenters. The SMILES string of the molecule is CSc1nc2[nH]c(C)cc2c(=O)[nH]1. The summed E-state index contributed by atoms with van der Waals surface area (Å²) in [5, 5.41) is 1.26. The lowest BCUT2D eigenvalue weighted by atomic mass is 10.4. The molecule has 0 saturated heterocycles. The molecular formula is C8H9N3OS. The van der Waals surface area contributed by atoms with Crippen molar-refractivity contribution in [3.63, 3.8) is 0 Å². The Morgan fingerprint density at radius 2 is 2.23 bits per heavy atom. The number of hydrogen-bond acceptors (Lipinski definition) is 3. The standard InChI is InChI=1S/C8H9N3OS/c1-4-3-5-6(9-4)10-8(13-2)11-7(5)12/h3H,1-2H3,(H2,9,10,11,12). The Hall–Kier alpha value is -1.23. The van der Waals surface area contributed by atoms with Crippen LogP contribution in [0.1, 0.15) is 5.69 Å². The zero-order chi connectivity index (χ0) is 9.42. The first-order valence-electron chi connectivity index (χ1n) is 3.84. The van der Waals surface area contributed by atoms with E-state index in [-0.39, 0.29) is 5.56 Å². The van der Waals surface area contributed by atoms with Crippen LogP contribution in [0.3, 0.4) is 0 Å². The number of aromatic nitrogens is 3. The summed E-state index contributed by atoms with van der Waals surface area (Å²) in [6.07, 6.45) is 1.87. The highest BCUT2D eigenvalue weighted by Gasteiger charge is 2.04. The highest BCUT2D eigenvalue weighted by molar-refractivity contribution is 7.98. The average molecular weight is 195 g/mol. The smallest absolute Gasteiger partial charge is 0.261 e. The predicted molar refractivity (Wildman–Crippen MR) is 53.2 cm³/mol. The topological polar surface area (TPSA) is 61.5 Å². The van der Waals surface area contributed by atoms with Crippen LogP contribution in [0.4, 0.5) is 0 Å². The van der Waals surface area contributed by atoms with Crippen molar-refractivity contribution >= 4 is 22.8 Å². The van der Waals surface area contributed by atoms with Gasteiger partial charge >= 0.3 is 0 Å². The van der Waals surface area contributed by atoms with Gasteiger partial charge in [-0.15, -0.1) is 0 Å². The maximum Gasteiger partial charge on any atom is 0.261 e. The summed E-state index contributed by atoms with van der Waals surface area (Å²) in [7, 11) is 0. The third-order valence-electron chi connectivity index (χ3n) is 1.80. The Kier molecular flexibility index (Phi) is 1.88. The van der Waals surface area contributed by atoms with Crippen LogP contribution in [-0.2, 0) is 0 Å². The summed E-state index contributed by atoms with van der Waals surface area (Å²) in [5.41, 5.74) is 1.52. The van der Waals surface area contributed by atoms with E-state index >= 15 is 0 Å². The van der Waals surface area contributed by atoms with Crippen LogP contribution in [0, 0.1) is 6.92 Å². The van der Waals surface area contributed by atoms with E-state index in [0.717, 1.165) is 5.69 Å². The number of nitrogens with one attached hydrogen (secondary N) is 2. The van der Waals surface area contributed by atoms with Gasteiger partial charge in [0.05, 0.1) is 5.39 Å². The molecule has 0 unspecified atom stereocenters. The van der Waals surface area contributed by atoms with Gasteiger partial charge in [-0.25, -0.2) is 4.98 Å². The zero-order valence-corrected chi connectivity index (χ0v) is 8.16. The predicted octanol–water partition coefficient (Wildman–Crippen LogP) is 1.28. The maximum atomic E-state index is 11.4. The number of fused-ring (bicyclic) bond motifs is 1. The molecule has 0 spiro atoms. The molecule has 0 bridgehead atoms. The van der Waals surface area contributed by atoms with Crippen LogP contribution in [-0.4, -0.2) is 21.2 Å². The fourth-order valence-electron chi connectivity index (χ4n) is 1.23. The molecule has 0 aliphatic rings. The van der Waals surface area contributed by atoms with Crippen molar-refractivity contribution in [2.24, 2.45) is 0 Å². The molecule has 0 aliphatic heterocycles. The molecule has 0 aliphatic carbocycles. The third kappa shape index (κ3) is 1.35. The van der Waals surface area contributed by atoms with Gasteiger partial charge in [-0.2, -0.15) is 0 Å². The number of nitrogens with zero attached hydrogens (tertiary/aromatic N) is 1. The molecule has 13 heavy (non-hydrogen) atoms. The minimum Gasteiger partial charge on any atom is -0.343 e. The average Bonchev–Trinajstić information content (AvgIpc) is 2.46.